The van der Waals surface area contributed by atoms with Gasteiger partial charge in [-0.3, -0.25) is 4.98 Å². The van der Waals surface area contributed by atoms with E-state index in [0.29, 0.717) is 6.42 Å². The lowest BCUT2D eigenvalue weighted by atomic mass is 10.2. The maximum absolute atomic E-state index is 9.65. The number of anilines is 1. The van der Waals surface area contributed by atoms with E-state index in [-0.39, 0.29) is 0 Å². The number of pyridine rings is 1. The molecule has 1 aromatic rings. The van der Waals surface area contributed by atoms with Crippen LogP contribution >= 0.6 is 0 Å². The summed E-state index contributed by atoms with van der Waals surface area (Å²) in [5.41, 5.74) is 1.83. The van der Waals surface area contributed by atoms with E-state index in [1.807, 2.05) is 25.3 Å². The fraction of sp³-hybridized carbons (Fsp3) is 0.615. The Bertz CT molecular complexity index is 324. The molecule has 0 fully saturated rings. The number of likely N-dealkylation sites (N-methyl/N-ethyl adjacent to an activating group) is 2. The molecule has 1 heterocycles. The average molecular weight is 237 g/mol. The van der Waals surface area contributed by atoms with E-state index in [1.54, 1.807) is 0 Å². The number of aromatic nitrogens is 1. The molecule has 0 aliphatic heterocycles. The average Bonchev–Trinajstić information content (AvgIpc) is 2.35. The Morgan fingerprint density at radius 2 is 1.94 bits per heavy atom. The van der Waals surface area contributed by atoms with Crippen LogP contribution in [0.25, 0.3) is 0 Å². The third kappa shape index (κ3) is 4.32. The van der Waals surface area contributed by atoms with Gasteiger partial charge in [0.1, 0.15) is 0 Å². The molecule has 0 spiro atoms. The van der Waals surface area contributed by atoms with Gasteiger partial charge in [0, 0.05) is 20.1 Å². The number of nitrogens with zero attached hydrogens (tertiary/aromatic N) is 3. The molecule has 4 heteroatoms. The summed E-state index contributed by atoms with van der Waals surface area (Å²) >= 11 is 0. The predicted molar refractivity (Wildman–Crippen MR) is 71.3 cm³/mol. The van der Waals surface area contributed by atoms with Crippen molar-refractivity contribution in [3.05, 3.63) is 24.0 Å². The highest BCUT2D eigenvalue weighted by atomic mass is 16.3. The van der Waals surface area contributed by atoms with E-state index in [1.165, 1.54) is 0 Å². The van der Waals surface area contributed by atoms with Crippen LogP contribution in [0.4, 0.5) is 5.69 Å². The van der Waals surface area contributed by atoms with Crippen LogP contribution < -0.4 is 4.90 Å². The second-order valence-corrected chi connectivity index (χ2v) is 4.59. The highest BCUT2D eigenvalue weighted by molar-refractivity contribution is 5.43. The first-order chi connectivity index (χ1) is 8.04. The summed E-state index contributed by atoms with van der Waals surface area (Å²) in [5.74, 6) is 0. The van der Waals surface area contributed by atoms with Crippen LogP contribution in [0.15, 0.2) is 18.3 Å². The Morgan fingerprint density at radius 3 is 2.41 bits per heavy atom. The lowest BCUT2D eigenvalue weighted by Crippen LogP contribution is -2.28. The van der Waals surface area contributed by atoms with Crippen molar-refractivity contribution < 1.29 is 5.11 Å². The van der Waals surface area contributed by atoms with Crippen molar-refractivity contribution in [2.45, 2.75) is 19.4 Å². The van der Waals surface area contributed by atoms with Gasteiger partial charge in [0.2, 0.25) is 0 Å². The Balaban J connectivity index is 2.60. The molecule has 0 aliphatic carbocycles. The molecule has 1 aromatic heterocycles. The predicted octanol–water partition coefficient (Wildman–Crippen LogP) is 1.52. The third-order valence-corrected chi connectivity index (χ3v) is 2.82. The van der Waals surface area contributed by atoms with Gasteiger partial charge in [-0.1, -0.05) is 6.92 Å². The van der Waals surface area contributed by atoms with E-state index < -0.39 is 6.10 Å². The molecule has 0 unspecified atom stereocenters. The zero-order chi connectivity index (χ0) is 12.8. The molecule has 0 aliphatic rings. The third-order valence-electron chi connectivity index (χ3n) is 2.82. The molecule has 0 saturated heterocycles. The first-order valence-corrected chi connectivity index (χ1v) is 6.04. The van der Waals surface area contributed by atoms with Crippen molar-refractivity contribution in [3.8, 4) is 0 Å². The molecule has 0 bridgehead atoms. The summed E-state index contributed by atoms with van der Waals surface area (Å²) in [6, 6.07) is 3.91. The van der Waals surface area contributed by atoms with Crippen molar-refractivity contribution in [2.24, 2.45) is 0 Å². The Hall–Kier alpha value is -1.13. The van der Waals surface area contributed by atoms with Crippen molar-refractivity contribution in [1.82, 2.24) is 9.88 Å². The summed E-state index contributed by atoms with van der Waals surface area (Å²) in [4.78, 5) is 8.61. The first kappa shape index (κ1) is 13.9. The highest BCUT2D eigenvalue weighted by Gasteiger charge is 2.07. The minimum Gasteiger partial charge on any atom is -0.387 e. The number of aliphatic hydroxyl groups is 1. The second kappa shape index (κ2) is 6.57. The fourth-order valence-electron chi connectivity index (χ4n) is 1.51. The number of aliphatic hydroxyl groups excluding tert-OH is 1. The van der Waals surface area contributed by atoms with Crippen LogP contribution in [0.1, 0.15) is 25.1 Å². The molecule has 17 heavy (non-hydrogen) atoms. The van der Waals surface area contributed by atoms with E-state index >= 15 is 0 Å². The molecular weight excluding hydrogens is 214 g/mol. The SMILES string of the molecule is CC[C@H](O)c1ccc(N(C)CCN(C)C)cn1. The van der Waals surface area contributed by atoms with Crippen molar-refractivity contribution in [2.75, 3.05) is 39.1 Å². The molecule has 4 nitrogen and oxygen atoms in total. The molecule has 0 radical (unpaired) electrons. The topological polar surface area (TPSA) is 39.6 Å². The molecule has 0 aromatic carbocycles. The lowest BCUT2D eigenvalue weighted by molar-refractivity contribution is 0.169. The van der Waals surface area contributed by atoms with E-state index in [4.69, 9.17) is 0 Å². The van der Waals surface area contributed by atoms with Crippen molar-refractivity contribution >= 4 is 5.69 Å². The van der Waals surface area contributed by atoms with Crippen molar-refractivity contribution in [3.63, 3.8) is 0 Å². The van der Waals surface area contributed by atoms with Gasteiger partial charge in [0.25, 0.3) is 0 Å². The van der Waals surface area contributed by atoms with Gasteiger partial charge in [-0.15, -0.1) is 0 Å². The lowest BCUT2D eigenvalue weighted by Gasteiger charge is -2.21. The second-order valence-electron chi connectivity index (χ2n) is 4.59. The zero-order valence-corrected chi connectivity index (χ0v) is 11.2. The number of hydrogen-bond donors (Lipinski definition) is 1. The van der Waals surface area contributed by atoms with Gasteiger partial charge in [-0.2, -0.15) is 0 Å². The Morgan fingerprint density at radius 1 is 1.24 bits per heavy atom. The number of hydrogen-bond acceptors (Lipinski definition) is 4. The summed E-state index contributed by atoms with van der Waals surface area (Å²) in [6.07, 6.45) is 2.07. The van der Waals surface area contributed by atoms with Gasteiger partial charge < -0.3 is 14.9 Å². The van der Waals surface area contributed by atoms with Gasteiger partial charge in [0.15, 0.2) is 0 Å². The maximum atomic E-state index is 9.65. The maximum Gasteiger partial charge on any atom is 0.0957 e. The summed E-state index contributed by atoms with van der Waals surface area (Å²) in [7, 11) is 6.18. The minimum absolute atomic E-state index is 0.448. The Kier molecular flexibility index (Phi) is 5.38. The van der Waals surface area contributed by atoms with E-state index in [9.17, 15) is 5.11 Å². The minimum atomic E-state index is -0.448. The van der Waals surface area contributed by atoms with Gasteiger partial charge in [0.05, 0.1) is 23.7 Å². The first-order valence-electron chi connectivity index (χ1n) is 6.04. The molecule has 0 amide bonds. The molecule has 1 atom stereocenters. The van der Waals surface area contributed by atoms with Crippen LogP contribution in [0.3, 0.4) is 0 Å². The molecule has 96 valence electrons. The van der Waals surface area contributed by atoms with Gasteiger partial charge in [-0.25, -0.2) is 0 Å². The van der Waals surface area contributed by atoms with E-state index in [2.05, 4.69) is 35.9 Å². The molecular formula is C13H23N3O. The van der Waals surface area contributed by atoms with Gasteiger partial charge >= 0.3 is 0 Å². The quantitative estimate of drug-likeness (QED) is 0.814. The summed E-state index contributed by atoms with van der Waals surface area (Å²) < 4.78 is 0. The monoisotopic (exact) mass is 237 g/mol. The van der Waals surface area contributed by atoms with Crippen LogP contribution in [-0.4, -0.2) is 49.2 Å². The van der Waals surface area contributed by atoms with Crippen LogP contribution in [-0.2, 0) is 0 Å². The smallest absolute Gasteiger partial charge is 0.0957 e. The normalized spacial score (nSPS) is 12.8. The zero-order valence-electron chi connectivity index (χ0n) is 11.2. The standard InChI is InChI=1S/C13H23N3O/c1-5-13(17)12-7-6-11(10-14-12)16(4)9-8-15(2)3/h6-7,10,13,17H,5,8-9H2,1-4H3/t13-/m0/s1. The number of rotatable bonds is 6. The molecule has 1 N–H and O–H groups in total. The highest BCUT2D eigenvalue weighted by Crippen LogP contribution is 2.17. The van der Waals surface area contributed by atoms with Gasteiger partial charge in [-0.05, 0) is 32.6 Å². The molecule has 0 saturated carbocycles. The fourth-order valence-corrected chi connectivity index (χ4v) is 1.51. The Labute approximate surface area is 104 Å². The van der Waals surface area contributed by atoms with E-state index in [0.717, 1.165) is 24.5 Å². The summed E-state index contributed by atoms with van der Waals surface area (Å²) in [5, 5.41) is 9.65. The largest absolute Gasteiger partial charge is 0.387 e. The van der Waals surface area contributed by atoms with Crippen LogP contribution in [0.5, 0.6) is 0 Å². The summed E-state index contributed by atoms with van der Waals surface area (Å²) in [6.45, 7) is 3.92. The van der Waals surface area contributed by atoms with Crippen molar-refractivity contribution in [1.29, 1.82) is 0 Å². The molecule has 1 rings (SSSR count). The van der Waals surface area contributed by atoms with Crippen LogP contribution in [0.2, 0.25) is 0 Å². The van der Waals surface area contributed by atoms with Crippen LogP contribution in [0, 0.1) is 0 Å².